The third-order valence-electron chi connectivity index (χ3n) is 2.77. The Balaban J connectivity index is 1.68. The molecule has 0 fully saturated rings. The summed E-state index contributed by atoms with van der Waals surface area (Å²) in [6.07, 6.45) is 3.51. The Morgan fingerprint density at radius 3 is 2.96 bits per heavy atom. The number of carbonyl (C=O) groups excluding carboxylic acids is 1. The summed E-state index contributed by atoms with van der Waals surface area (Å²) in [6, 6.07) is 7.44. The maximum absolute atomic E-state index is 12.3. The van der Waals surface area contributed by atoms with E-state index in [1.165, 1.54) is 34.4 Å². The van der Waals surface area contributed by atoms with Crippen molar-refractivity contribution < 1.29 is 9.53 Å². The van der Waals surface area contributed by atoms with Gasteiger partial charge >= 0.3 is 0 Å². The molecule has 1 N–H and O–H groups in total. The van der Waals surface area contributed by atoms with Crippen LogP contribution in [0.2, 0.25) is 0 Å². The summed E-state index contributed by atoms with van der Waals surface area (Å²) < 4.78 is 6.50. The van der Waals surface area contributed by atoms with Gasteiger partial charge in [-0.3, -0.25) is 10.1 Å². The van der Waals surface area contributed by atoms with Gasteiger partial charge in [0, 0.05) is 22.0 Å². The predicted octanol–water partition coefficient (Wildman–Crippen LogP) is 4.79. The van der Waals surface area contributed by atoms with E-state index in [4.69, 9.17) is 4.74 Å². The van der Waals surface area contributed by atoms with E-state index in [0.29, 0.717) is 10.7 Å². The lowest BCUT2D eigenvalue weighted by Gasteiger charge is -2.05. The smallest absolute Gasteiger partial charge is 0.257 e. The van der Waals surface area contributed by atoms with Crippen molar-refractivity contribution in [2.75, 3.05) is 5.32 Å². The number of hydrogen-bond donors (Lipinski definition) is 1. The normalized spacial score (nSPS) is 10.8. The van der Waals surface area contributed by atoms with E-state index in [1.54, 1.807) is 18.5 Å². The molecule has 0 aliphatic rings. The van der Waals surface area contributed by atoms with E-state index in [-0.39, 0.29) is 12.0 Å². The molecule has 3 aromatic rings. The van der Waals surface area contributed by atoms with E-state index in [2.05, 4.69) is 15.3 Å². The van der Waals surface area contributed by atoms with Gasteiger partial charge in [-0.15, -0.1) is 11.3 Å². The second kappa shape index (κ2) is 7.78. The third kappa shape index (κ3) is 4.56. The lowest BCUT2D eigenvalue weighted by molar-refractivity contribution is 0.102. The van der Waals surface area contributed by atoms with Crippen LogP contribution < -0.4 is 10.1 Å². The first-order valence-electron chi connectivity index (χ1n) is 7.21. The van der Waals surface area contributed by atoms with E-state index >= 15 is 0 Å². The summed E-state index contributed by atoms with van der Waals surface area (Å²) in [5.74, 6) is -0.171. The second-order valence-electron chi connectivity index (χ2n) is 5.03. The Morgan fingerprint density at radius 1 is 1.33 bits per heavy atom. The summed E-state index contributed by atoms with van der Waals surface area (Å²) in [4.78, 5) is 21.6. The summed E-state index contributed by atoms with van der Waals surface area (Å²) >= 11 is 4.39. The van der Waals surface area contributed by atoms with Crippen LogP contribution in [0, 0.1) is 0 Å². The fourth-order valence-electron chi connectivity index (χ4n) is 1.83. The molecule has 0 saturated heterocycles. The van der Waals surface area contributed by atoms with Crippen LogP contribution in [0.4, 0.5) is 5.13 Å². The van der Waals surface area contributed by atoms with Crippen LogP contribution in [0.3, 0.4) is 0 Å². The number of aromatic nitrogens is 2. The van der Waals surface area contributed by atoms with Crippen LogP contribution in [-0.4, -0.2) is 22.0 Å². The molecule has 0 aliphatic carbocycles. The minimum absolute atomic E-state index is 0.126. The van der Waals surface area contributed by atoms with Gasteiger partial charge in [0.25, 0.3) is 5.91 Å². The van der Waals surface area contributed by atoms with Crippen LogP contribution >= 0.6 is 34.4 Å². The molecule has 24 heavy (non-hydrogen) atoms. The van der Waals surface area contributed by atoms with Gasteiger partial charge in [0.15, 0.2) is 14.5 Å². The molecular weight excluding hydrogens is 362 g/mol. The van der Waals surface area contributed by atoms with Gasteiger partial charge in [-0.05, 0) is 32.0 Å². The minimum atomic E-state index is -0.171. The zero-order valence-corrected chi connectivity index (χ0v) is 15.5. The number of anilines is 1. The lowest BCUT2D eigenvalue weighted by Crippen LogP contribution is -2.11. The number of hydrogen-bond acceptors (Lipinski definition) is 7. The molecule has 0 saturated carbocycles. The highest BCUT2D eigenvalue weighted by molar-refractivity contribution is 8.01. The molecule has 0 bridgehead atoms. The summed E-state index contributed by atoms with van der Waals surface area (Å²) in [6.45, 7) is 3.97. The van der Waals surface area contributed by atoms with E-state index in [0.717, 1.165) is 14.3 Å². The molecule has 8 heteroatoms. The molecule has 3 rings (SSSR count). The number of carbonyl (C=O) groups is 1. The molecule has 2 aromatic heterocycles. The Morgan fingerprint density at radius 2 is 2.21 bits per heavy atom. The van der Waals surface area contributed by atoms with Gasteiger partial charge in [-0.25, -0.2) is 9.97 Å². The maximum atomic E-state index is 12.3. The summed E-state index contributed by atoms with van der Waals surface area (Å²) in [7, 11) is 0. The fraction of sp³-hybridized carbons (Fsp3) is 0.188. The topological polar surface area (TPSA) is 64.1 Å². The highest BCUT2D eigenvalue weighted by atomic mass is 32.2. The average Bonchev–Trinajstić information content (AvgIpc) is 3.19. The van der Waals surface area contributed by atoms with Gasteiger partial charge < -0.3 is 4.74 Å². The molecule has 0 unspecified atom stereocenters. The molecule has 0 aliphatic heterocycles. The third-order valence-corrected chi connectivity index (χ3v) is 5.41. The zero-order valence-electron chi connectivity index (χ0n) is 13.1. The quantitative estimate of drug-likeness (QED) is 0.669. The number of benzene rings is 1. The Bertz CT molecular complexity index is 816. The van der Waals surface area contributed by atoms with Crippen molar-refractivity contribution in [2.24, 2.45) is 0 Å². The number of amides is 1. The highest BCUT2D eigenvalue weighted by Gasteiger charge is 2.10. The summed E-state index contributed by atoms with van der Waals surface area (Å²) in [5, 5.41) is 5.99. The highest BCUT2D eigenvalue weighted by Crippen LogP contribution is 2.35. The van der Waals surface area contributed by atoms with Crippen LogP contribution in [-0.2, 0) is 0 Å². The zero-order chi connectivity index (χ0) is 16.9. The molecule has 1 aromatic carbocycles. The van der Waals surface area contributed by atoms with Crippen molar-refractivity contribution in [2.45, 2.75) is 29.2 Å². The number of ether oxygens (including phenoxy) is 1. The number of rotatable bonds is 6. The van der Waals surface area contributed by atoms with E-state index in [9.17, 15) is 4.79 Å². The van der Waals surface area contributed by atoms with Crippen LogP contribution in [0.1, 0.15) is 24.2 Å². The SMILES string of the molecule is CC(C)Oc1cnc(Sc2cccc(C(=O)Nc3nccs3)c2)s1. The molecule has 124 valence electrons. The van der Waals surface area contributed by atoms with Crippen molar-refractivity contribution in [3.8, 4) is 5.06 Å². The molecule has 1 amide bonds. The second-order valence-corrected chi connectivity index (χ2v) is 8.24. The Hall–Kier alpha value is -1.90. The average molecular weight is 378 g/mol. The van der Waals surface area contributed by atoms with E-state index in [1.807, 2.05) is 37.4 Å². The van der Waals surface area contributed by atoms with Gasteiger partial charge in [-0.1, -0.05) is 29.2 Å². The molecule has 0 spiro atoms. The standard InChI is InChI=1S/C16H15N3O2S3/c1-10(2)21-13-9-18-16(24-13)23-12-5-3-4-11(8-12)14(20)19-15-17-6-7-22-15/h3-10H,1-2H3,(H,17,19,20). The largest absolute Gasteiger partial charge is 0.480 e. The maximum Gasteiger partial charge on any atom is 0.257 e. The van der Waals surface area contributed by atoms with Crippen molar-refractivity contribution >= 4 is 45.5 Å². The summed E-state index contributed by atoms with van der Waals surface area (Å²) in [5.41, 5.74) is 0.588. The first-order valence-corrected chi connectivity index (χ1v) is 9.72. The number of nitrogens with zero attached hydrogens (tertiary/aromatic N) is 2. The van der Waals surface area contributed by atoms with E-state index < -0.39 is 0 Å². The van der Waals surface area contributed by atoms with Gasteiger partial charge in [0.1, 0.15) is 0 Å². The van der Waals surface area contributed by atoms with Crippen molar-refractivity contribution in [1.82, 2.24) is 9.97 Å². The fourth-order valence-corrected chi connectivity index (χ4v) is 4.32. The Kier molecular flexibility index (Phi) is 5.49. The molecule has 5 nitrogen and oxygen atoms in total. The predicted molar refractivity (Wildman–Crippen MR) is 98.5 cm³/mol. The van der Waals surface area contributed by atoms with Crippen molar-refractivity contribution in [1.29, 1.82) is 0 Å². The number of thiazole rings is 2. The minimum Gasteiger partial charge on any atom is -0.480 e. The monoisotopic (exact) mass is 377 g/mol. The number of nitrogens with one attached hydrogen (secondary N) is 1. The molecule has 2 heterocycles. The molecule has 0 atom stereocenters. The van der Waals surface area contributed by atoms with Crippen LogP contribution in [0.5, 0.6) is 5.06 Å². The van der Waals surface area contributed by atoms with Crippen LogP contribution in [0.25, 0.3) is 0 Å². The lowest BCUT2D eigenvalue weighted by atomic mass is 10.2. The first kappa shape index (κ1) is 16.9. The first-order chi connectivity index (χ1) is 11.6. The molecule has 0 radical (unpaired) electrons. The van der Waals surface area contributed by atoms with Gasteiger partial charge in [0.2, 0.25) is 0 Å². The van der Waals surface area contributed by atoms with Crippen molar-refractivity contribution in [3.63, 3.8) is 0 Å². The Labute approximate surface area is 152 Å². The van der Waals surface area contributed by atoms with Crippen LogP contribution in [0.15, 0.2) is 51.3 Å². The molecular formula is C16H15N3O2S3. The van der Waals surface area contributed by atoms with Gasteiger partial charge in [0.05, 0.1) is 12.3 Å². The van der Waals surface area contributed by atoms with Gasteiger partial charge in [-0.2, -0.15) is 0 Å². The van der Waals surface area contributed by atoms with Crippen molar-refractivity contribution in [3.05, 3.63) is 47.6 Å².